The highest BCUT2D eigenvalue weighted by molar-refractivity contribution is 6.20. The average Bonchev–Trinajstić information content (AvgIpc) is 2.67. The molecule has 3 heteroatoms. The molecule has 2 aromatic rings. The normalized spacial score (nSPS) is 23.3. The average molecular weight is 305 g/mol. The van der Waals surface area contributed by atoms with E-state index in [9.17, 15) is 0 Å². The van der Waals surface area contributed by atoms with E-state index in [1.54, 1.807) is 0 Å². The summed E-state index contributed by atoms with van der Waals surface area (Å²) >= 11 is 6.43. The minimum atomic E-state index is 0.363. The molecule has 0 radical (unpaired) electrons. The smallest absolute Gasteiger partial charge is 0.110 e. The van der Waals surface area contributed by atoms with Crippen molar-refractivity contribution >= 4 is 22.6 Å². The molecule has 0 N–H and O–H groups in total. The maximum absolute atomic E-state index is 6.43. The van der Waals surface area contributed by atoms with Crippen LogP contribution < -0.4 is 0 Å². The van der Waals surface area contributed by atoms with E-state index >= 15 is 0 Å². The number of rotatable bonds is 4. The number of imidazole rings is 1. The Morgan fingerprint density at radius 3 is 2.90 bits per heavy atom. The lowest BCUT2D eigenvalue weighted by Gasteiger charge is -2.16. The lowest BCUT2D eigenvalue weighted by Crippen LogP contribution is -2.13. The molecule has 2 nitrogen and oxygen atoms in total. The molecular formula is C18H25ClN2. The van der Waals surface area contributed by atoms with Gasteiger partial charge in [0.2, 0.25) is 0 Å². The van der Waals surface area contributed by atoms with Crippen LogP contribution in [0.2, 0.25) is 0 Å². The predicted octanol–water partition coefficient (Wildman–Crippen LogP) is 5.18. The van der Waals surface area contributed by atoms with Crippen molar-refractivity contribution in [1.82, 2.24) is 9.55 Å². The predicted molar refractivity (Wildman–Crippen MR) is 89.9 cm³/mol. The van der Waals surface area contributed by atoms with Gasteiger partial charge in [-0.25, -0.2) is 4.98 Å². The van der Waals surface area contributed by atoms with Crippen molar-refractivity contribution in [3.8, 4) is 0 Å². The summed E-state index contributed by atoms with van der Waals surface area (Å²) < 4.78 is 2.42. The van der Waals surface area contributed by atoms with Crippen LogP contribution in [0.5, 0.6) is 0 Å². The first kappa shape index (κ1) is 14.9. The number of para-hydroxylation sites is 2. The Morgan fingerprint density at radius 2 is 2.05 bits per heavy atom. The number of halogens is 1. The summed E-state index contributed by atoms with van der Waals surface area (Å²) in [6.07, 6.45) is 8.48. The van der Waals surface area contributed by atoms with E-state index in [0.29, 0.717) is 11.3 Å². The molecule has 0 saturated heterocycles. The fourth-order valence-corrected chi connectivity index (χ4v) is 4.00. The molecule has 2 atom stereocenters. The first-order valence-corrected chi connectivity index (χ1v) is 8.79. The number of nitrogens with zero attached hydrogens (tertiary/aromatic N) is 2. The molecule has 0 spiro atoms. The summed E-state index contributed by atoms with van der Waals surface area (Å²) in [5.41, 5.74) is 2.42. The van der Waals surface area contributed by atoms with Gasteiger partial charge in [0, 0.05) is 18.3 Å². The Kier molecular flexibility index (Phi) is 4.84. The van der Waals surface area contributed by atoms with E-state index < -0.39 is 0 Å². The highest BCUT2D eigenvalue weighted by atomic mass is 35.5. The summed E-state index contributed by atoms with van der Waals surface area (Å²) in [6.45, 7) is 3.30. The number of fused-ring (bicyclic) bond motifs is 1. The van der Waals surface area contributed by atoms with Crippen molar-refractivity contribution in [3.63, 3.8) is 0 Å². The number of hydrogen-bond donors (Lipinski definition) is 0. The number of benzene rings is 1. The molecule has 0 amide bonds. The monoisotopic (exact) mass is 304 g/mol. The zero-order valence-corrected chi connectivity index (χ0v) is 13.6. The van der Waals surface area contributed by atoms with Crippen molar-refractivity contribution in [3.05, 3.63) is 30.1 Å². The second-order valence-corrected chi connectivity index (χ2v) is 6.97. The van der Waals surface area contributed by atoms with Gasteiger partial charge in [-0.1, -0.05) is 31.9 Å². The van der Waals surface area contributed by atoms with Crippen LogP contribution in [-0.2, 0) is 13.0 Å². The number of hydrogen-bond acceptors (Lipinski definition) is 1. The first-order chi connectivity index (χ1) is 10.3. The van der Waals surface area contributed by atoms with Gasteiger partial charge in [0.1, 0.15) is 5.82 Å². The van der Waals surface area contributed by atoms with E-state index in [1.165, 1.54) is 37.0 Å². The van der Waals surface area contributed by atoms with E-state index in [0.717, 1.165) is 31.3 Å². The maximum Gasteiger partial charge on any atom is 0.110 e. The van der Waals surface area contributed by atoms with Crippen molar-refractivity contribution in [1.29, 1.82) is 0 Å². The summed E-state index contributed by atoms with van der Waals surface area (Å²) in [7, 11) is 0. The SMILES string of the molecule is CCCn1c(CC2CCCCC(Cl)C2)nc2ccccc21. The molecule has 1 aliphatic rings. The third-order valence-electron chi connectivity index (χ3n) is 4.62. The molecule has 3 rings (SSSR count). The van der Waals surface area contributed by atoms with Crippen LogP contribution in [0.25, 0.3) is 11.0 Å². The van der Waals surface area contributed by atoms with E-state index in [4.69, 9.17) is 16.6 Å². The summed E-state index contributed by atoms with van der Waals surface area (Å²) in [4.78, 5) is 4.90. The number of aryl methyl sites for hydroxylation is 1. The Morgan fingerprint density at radius 1 is 1.24 bits per heavy atom. The lowest BCUT2D eigenvalue weighted by molar-refractivity contribution is 0.441. The van der Waals surface area contributed by atoms with Gasteiger partial charge in [-0.3, -0.25) is 0 Å². The largest absolute Gasteiger partial charge is 0.328 e. The van der Waals surface area contributed by atoms with Gasteiger partial charge in [0.25, 0.3) is 0 Å². The Hall–Kier alpha value is -1.02. The summed E-state index contributed by atoms with van der Waals surface area (Å²) in [5, 5.41) is 0.363. The fraction of sp³-hybridized carbons (Fsp3) is 0.611. The van der Waals surface area contributed by atoms with E-state index in [2.05, 4.69) is 35.8 Å². The third-order valence-corrected chi connectivity index (χ3v) is 5.02. The molecule has 1 aliphatic carbocycles. The van der Waals surface area contributed by atoms with Gasteiger partial charge < -0.3 is 4.57 Å². The summed E-state index contributed by atoms with van der Waals surface area (Å²) in [6, 6.07) is 8.51. The molecule has 114 valence electrons. The van der Waals surface area contributed by atoms with Crippen LogP contribution in [0.4, 0.5) is 0 Å². The minimum absolute atomic E-state index is 0.363. The first-order valence-electron chi connectivity index (χ1n) is 8.36. The highest BCUT2D eigenvalue weighted by Crippen LogP contribution is 2.30. The summed E-state index contributed by atoms with van der Waals surface area (Å²) in [5.74, 6) is 1.95. The number of alkyl halides is 1. The maximum atomic E-state index is 6.43. The molecular weight excluding hydrogens is 280 g/mol. The van der Waals surface area contributed by atoms with Crippen molar-refractivity contribution in [2.24, 2.45) is 5.92 Å². The molecule has 0 aliphatic heterocycles. The molecule has 2 unspecified atom stereocenters. The van der Waals surface area contributed by atoms with Crippen LogP contribution in [0.1, 0.15) is 51.3 Å². The van der Waals surface area contributed by atoms with E-state index in [-0.39, 0.29) is 0 Å². The molecule has 1 saturated carbocycles. The lowest BCUT2D eigenvalue weighted by atomic mass is 9.96. The van der Waals surface area contributed by atoms with Gasteiger partial charge in [-0.05, 0) is 43.7 Å². The van der Waals surface area contributed by atoms with Gasteiger partial charge >= 0.3 is 0 Å². The van der Waals surface area contributed by atoms with Crippen LogP contribution in [-0.4, -0.2) is 14.9 Å². The van der Waals surface area contributed by atoms with Gasteiger partial charge in [0.15, 0.2) is 0 Å². The topological polar surface area (TPSA) is 17.8 Å². The molecule has 1 heterocycles. The fourth-order valence-electron chi connectivity index (χ4n) is 3.59. The van der Waals surface area contributed by atoms with Crippen LogP contribution in [0.15, 0.2) is 24.3 Å². The highest BCUT2D eigenvalue weighted by Gasteiger charge is 2.21. The Balaban J connectivity index is 1.86. The second-order valence-electron chi connectivity index (χ2n) is 6.36. The zero-order chi connectivity index (χ0) is 14.7. The minimum Gasteiger partial charge on any atom is -0.328 e. The quantitative estimate of drug-likeness (QED) is 0.562. The third kappa shape index (κ3) is 3.42. The van der Waals surface area contributed by atoms with Crippen LogP contribution >= 0.6 is 11.6 Å². The van der Waals surface area contributed by atoms with E-state index in [1.807, 2.05) is 0 Å². The second kappa shape index (κ2) is 6.83. The molecule has 1 aromatic heterocycles. The van der Waals surface area contributed by atoms with Gasteiger partial charge in [-0.15, -0.1) is 11.6 Å². The molecule has 21 heavy (non-hydrogen) atoms. The molecule has 1 aromatic carbocycles. The van der Waals surface area contributed by atoms with Gasteiger partial charge in [-0.2, -0.15) is 0 Å². The zero-order valence-electron chi connectivity index (χ0n) is 12.9. The van der Waals surface area contributed by atoms with Crippen molar-refractivity contribution < 1.29 is 0 Å². The van der Waals surface area contributed by atoms with Crippen LogP contribution in [0, 0.1) is 5.92 Å². The van der Waals surface area contributed by atoms with Crippen LogP contribution in [0.3, 0.4) is 0 Å². The van der Waals surface area contributed by atoms with Crippen molar-refractivity contribution in [2.45, 2.75) is 63.8 Å². The van der Waals surface area contributed by atoms with Gasteiger partial charge in [0.05, 0.1) is 11.0 Å². The molecule has 1 fully saturated rings. The Bertz CT molecular complexity index is 590. The van der Waals surface area contributed by atoms with Crippen molar-refractivity contribution in [2.75, 3.05) is 0 Å². The Labute approximate surface area is 132 Å². The number of aromatic nitrogens is 2. The standard InChI is InChI=1S/C18H25ClN2/c1-2-11-21-17-10-6-5-9-16(17)20-18(21)13-14-7-3-4-8-15(19)12-14/h5-6,9-10,14-15H,2-4,7-8,11-13H2,1H3. The molecule has 0 bridgehead atoms.